The van der Waals surface area contributed by atoms with Crippen molar-refractivity contribution in [2.45, 2.75) is 13.5 Å². The van der Waals surface area contributed by atoms with Gasteiger partial charge >= 0.3 is 5.97 Å². The van der Waals surface area contributed by atoms with E-state index in [9.17, 15) is 9.59 Å². The number of anilines is 1. The molecular weight excluding hydrogens is 368 g/mol. The number of hydrogen-bond donors (Lipinski definition) is 0. The number of amides is 1. The van der Waals surface area contributed by atoms with E-state index < -0.39 is 5.97 Å². The van der Waals surface area contributed by atoms with Gasteiger partial charge in [0.25, 0.3) is 0 Å². The maximum atomic E-state index is 12.8. The SMILES string of the molecule is CCOC(=O)/C=C/c1ccccc1N1CCN(Cc2ccc(OC)cc2)CC1=O. The summed E-state index contributed by atoms with van der Waals surface area (Å²) in [6.45, 7) is 4.53. The Bertz CT molecular complexity index is 877. The zero-order valence-corrected chi connectivity index (χ0v) is 16.8. The summed E-state index contributed by atoms with van der Waals surface area (Å²) in [6, 6.07) is 15.5. The van der Waals surface area contributed by atoms with Gasteiger partial charge in [-0.15, -0.1) is 0 Å². The lowest BCUT2D eigenvalue weighted by atomic mass is 10.1. The van der Waals surface area contributed by atoms with Crippen LogP contribution in [0.1, 0.15) is 18.1 Å². The van der Waals surface area contributed by atoms with E-state index >= 15 is 0 Å². The number of ether oxygens (including phenoxy) is 2. The minimum Gasteiger partial charge on any atom is -0.497 e. The van der Waals surface area contributed by atoms with Gasteiger partial charge in [0.05, 0.1) is 25.9 Å². The van der Waals surface area contributed by atoms with Crippen molar-refractivity contribution in [2.24, 2.45) is 0 Å². The van der Waals surface area contributed by atoms with Gasteiger partial charge in [-0.2, -0.15) is 0 Å². The Morgan fingerprint density at radius 2 is 1.86 bits per heavy atom. The van der Waals surface area contributed by atoms with Gasteiger partial charge in [0.15, 0.2) is 0 Å². The van der Waals surface area contributed by atoms with Crippen molar-refractivity contribution in [1.82, 2.24) is 4.90 Å². The van der Waals surface area contributed by atoms with Crippen molar-refractivity contribution in [1.29, 1.82) is 0 Å². The molecule has 1 aliphatic heterocycles. The third-order valence-corrected chi connectivity index (χ3v) is 4.78. The molecule has 152 valence electrons. The van der Waals surface area contributed by atoms with Crippen molar-refractivity contribution >= 4 is 23.6 Å². The Hall–Kier alpha value is -3.12. The highest BCUT2D eigenvalue weighted by Gasteiger charge is 2.26. The summed E-state index contributed by atoms with van der Waals surface area (Å²) in [6.07, 6.45) is 3.09. The van der Waals surface area contributed by atoms with E-state index in [2.05, 4.69) is 4.90 Å². The van der Waals surface area contributed by atoms with Gasteiger partial charge < -0.3 is 14.4 Å². The van der Waals surface area contributed by atoms with Gasteiger partial charge in [-0.05, 0) is 42.3 Å². The summed E-state index contributed by atoms with van der Waals surface area (Å²) >= 11 is 0. The van der Waals surface area contributed by atoms with Crippen LogP contribution in [-0.4, -0.2) is 50.1 Å². The van der Waals surface area contributed by atoms with E-state index in [1.54, 1.807) is 25.0 Å². The molecule has 0 spiro atoms. The van der Waals surface area contributed by atoms with Gasteiger partial charge in [-0.3, -0.25) is 9.69 Å². The molecule has 2 aromatic rings. The lowest BCUT2D eigenvalue weighted by Crippen LogP contribution is -2.50. The lowest BCUT2D eigenvalue weighted by Gasteiger charge is -2.35. The molecule has 1 heterocycles. The average Bonchev–Trinajstić information content (AvgIpc) is 2.73. The zero-order chi connectivity index (χ0) is 20.6. The largest absolute Gasteiger partial charge is 0.497 e. The number of nitrogens with zero attached hydrogens (tertiary/aromatic N) is 2. The summed E-state index contributed by atoms with van der Waals surface area (Å²) < 4.78 is 10.1. The number of benzene rings is 2. The average molecular weight is 394 g/mol. The van der Waals surface area contributed by atoms with Crippen LogP contribution in [0.3, 0.4) is 0 Å². The normalized spacial score (nSPS) is 15.0. The third-order valence-electron chi connectivity index (χ3n) is 4.78. The molecule has 1 aliphatic rings. The molecule has 0 N–H and O–H groups in total. The van der Waals surface area contributed by atoms with E-state index in [1.807, 2.05) is 48.5 Å². The van der Waals surface area contributed by atoms with E-state index in [0.717, 1.165) is 29.1 Å². The molecule has 1 fully saturated rings. The second kappa shape index (κ2) is 9.89. The van der Waals surface area contributed by atoms with Gasteiger partial charge in [-0.25, -0.2) is 4.79 Å². The summed E-state index contributed by atoms with van der Waals surface area (Å²) in [5.41, 5.74) is 2.77. The summed E-state index contributed by atoms with van der Waals surface area (Å²) in [4.78, 5) is 28.4. The van der Waals surface area contributed by atoms with Crippen molar-refractivity contribution in [3.05, 3.63) is 65.7 Å². The lowest BCUT2D eigenvalue weighted by molar-refractivity contribution is -0.137. The third kappa shape index (κ3) is 5.45. The Balaban J connectivity index is 1.66. The molecule has 3 rings (SSSR count). The molecule has 0 aliphatic carbocycles. The van der Waals surface area contributed by atoms with E-state index in [0.29, 0.717) is 26.2 Å². The first-order valence-electron chi connectivity index (χ1n) is 9.70. The monoisotopic (exact) mass is 394 g/mol. The van der Waals surface area contributed by atoms with Crippen LogP contribution < -0.4 is 9.64 Å². The highest BCUT2D eigenvalue weighted by molar-refractivity contribution is 5.98. The van der Waals surface area contributed by atoms with Crippen LogP contribution in [0, 0.1) is 0 Å². The minimum atomic E-state index is -0.391. The van der Waals surface area contributed by atoms with Crippen LogP contribution in [0.2, 0.25) is 0 Å². The molecule has 1 amide bonds. The molecule has 6 nitrogen and oxygen atoms in total. The second-order valence-electron chi connectivity index (χ2n) is 6.75. The first-order chi connectivity index (χ1) is 14.1. The maximum Gasteiger partial charge on any atom is 0.330 e. The first kappa shape index (κ1) is 20.6. The molecule has 1 saturated heterocycles. The molecule has 0 bridgehead atoms. The topological polar surface area (TPSA) is 59.1 Å². The van der Waals surface area contributed by atoms with Gasteiger partial charge in [-0.1, -0.05) is 30.3 Å². The fourth-order valence-corrected chi connectivity index (χ4v) is 3.32. The number of para-hydroxylation sites is 1. The van der Waals surface area contributed by atoms with E-state index in [4.69, 9.17) is 9.47 Å². The van der Waals surface area contributed by atoms with Gasteiger partial charge in [0, 0.05) is 25.7 Å². The van der Waals surface area contributed by atoms with Crippen LogP contribution >= 0.6 is 0 Å². The second-order valence-corrected chi connectivity index (χ2v) is 6.75. The molecule has 0 aromatic heterocycles. The van der Waals surface area contributed by atoms with Crippen molar-refractivity contribution in [2.75, 3.05) is 38.3 Å². The summed E-state index contributed by atoms with van der Waals surface area (Å²) in [5, 5.41) is 0. The van der Waals surface area contributed by atoms with Crippen molar-refractivity contribution in [3.63, 3.8) is 0 Å². The number of esters is 1. The number of carbonyl (C=O) groups is 2. The fraction of sp³-hybridized carbons (Fsp3) is 0.304. The predicted molar refractivity (Wildman–Crippen MR) is 113 cm³/mol. The van der Waals surface area contributed by atoms with Crippen LogP contribution in [0.25, 0.3) is 6.08 Å². The van der Waals surface area contributed by atoms with Crippen LogP contribution in [-0.2, 0) is 20.9 Å². The Labute approximate surface area is 171 Å². The number of methoxy groups -OCH3 is 1. The zero-order valence-electron chi connectivity index (χ0n) is 16.8. The van der Waals surface area contributed by atoms with Crippen molar-refractivity contribution in [3.8, 4) is 5.75 Å². The van der Waals surface area contributed by atoms with Crippen LogP contribution in [0.5, 0.6) is 5.75 Å². The maximum absolute atomic E-state index is 12.8. The van der Waals surface area contributed by atoms with Crippen LogP contribution in [0.15, 0.2) is 54.6 Å². The number of carbonyl (C=O) groups excluding carboxylic acids is 2. The van der Waals surface area contributed by atoms with Crippen LogP contribution in [0.4, 0.5) is 5.69 Å². The quantitative estimate of drug-likeness (QED) is 0.533. The van der Waals surface area contributed by atoms with Gasteiger partial charge in [0.2, 0.25) is 5.91 Å². The molecule has 6 heteroatoms. The number of piperazine rings is 1. The number of hydrogen-bond acceptors (Lipinski definition) is 5. The van der Waals surface area contributed by atoms with E-state index in [-0.39, 0.29) is 5.91 Å². The molecule has 29 heavy (non-hydrogen) atoms. The molecule has 0 atom stereocenters. The molecular formula is C23H26N2O4. The first-order valence-corrected chi connectivity index (χ1v) is 9.70. The van der Waals surface area contributed by atoms with Gasteiger partial charge in [0.1, 0.15) is 5.75 Å². The predicted octanol–water partition coefficient (Wildman–Crippen LogP) is 3.12. The van der Waals surface area contributed by atoms with E-state index in [1.165, 1.54) is 6.08 Å². The standard InChI is InChI=1S/C23H26N2O4/c1-3-29-23(27)13-10-19-6-4-5-7-21(19)25-15-14-24(17-22(25)26)16-18-8-11-20(28-2)12-9-18/h4-13H,3,14-17H2,1-2H3/b13-10+. The highest BCUT2D eigenvalue weighted by atomic mass is 16.5. The Morgan fingerprint density at radius 1 is 1.10 bits per heavy atom. The molecule has 0 unspecified atom stereocenters. The summed E-state index contributed by atoms with van der Waals surface area (Å²) in [7, 11) is 1.65. The molecule has 2 aromatic carbocycles. The summed E-state index contributed by atoms with van der Waals surface area (Å²) in [5.74, 6) is 0.474. The fourth-order valence-electron chi connectivity index (χ4n) is 3.32. The number of rotatable bonds is 7. The van der Waals surface area contributed by atoms with Crippen molar-refractivity contribution < 1.29 is 19.1 Å². The molecule has 0 radical (unpaired) electrons. The Morgan fingerprint density at radius 3 is 2.55 bits per heavy atom. The highest BCUT2D eigenvalue weighted by Crippen LogP contribution is 2.24. The minimum absolute atomic E-state index is 0.0433. The smallest absolute Gasteiger partial charge is 0.330 e. The molecule has 0 saturated carbocycles. The Kier molecular flexibility index (Phi) is 7.03.